The molecule has 0 saturated carbocycles. The highest BCUT2D eigenvalue weighted by Gasteiger charge is 2.25. The van der Waals surface area contributed by atoms with E-state index in [1.165, 1.54) is 18.4 Å². The van der Waals surface area contributed by atoms with Gasteiger partial charge in [-0.15, -0.1) is 0 Å². The molecule has 0 radical (unpaired) electrons. The molecule has 3 nitrogen and oxygen atoms in total. The fourth-order valence-corrected chi connectivity index (χ4v) is 5.07. The lowest BCUT2D eigenvalue weighted by molar-refractivity contribution is 0.134. The first-order chi connectivity index (χ1) is 10.6. The topological polar surface area (TPSA) is 29.5 Å². The van der Waals surface area contributed by atoms with Gasteiger partial charge in [-0.05, 0) is 25.5 Å². The lowest BCUT2D eigenvalue weighted by atomic mass is 10.2. The van der Waals surface area contributed by atoms with Crippen molar-refractivity contribution < 1.29 is 9.30 Å². The predicted molar refractivity (Wildman–Crippen MR) is 95.9 cm³/mol. The van der Waals surface area contributed by atoms with Gasteiger partial charge in [-0.3, -0.25) is 4.67 Å². The normalized spacial score (nSPS) is 14.2. The third-order valence-electron chi connectivity index (χ3n) is 3.98. The first-order valence-corrected chi connectivity index (χ1v) is 10.6. The minimum Gasteiger partial charge on any atom is -0.376 e. The molecule has 0 fully saturated rings. The lowest BCUT2D eigenvalue weighted by Gasteiger charge is -2.28. The zero-order chi connectivity index (χ0) is 16.3. The maximum atomic E-state index is 13.2. The lowest BCUT2D eigenvalue weighted by Crippen LogP contribution is -2.22. The minimum absolute atomic E-state index is 0.574. The van der Waals surface area contributed by atoms with Gasteiger partial charge in [0.25, 0.3) is 0 Å². The zero-order valence-corrected chi connectivity index (χ0v) is 15.4. The number of nitrogens with zero attached hydrogens (tertiary/aromatic N) is 1. The van der Waals surface area contributed by atoms with Gasteiger partial charge in [-0.2, -0.15) is 0 Å². The first-order valence-electron chi connectivity index (χ1n) is 8.53. The summed E-state index contributed by atoms with van der Waals surface area (Å²) in [5.74, 6) is 0. The molecule has 0 spiro atoms. The molecule has 1 unspecified atom stereocenters. The molecular formula is C18H32NO2P. The maximum Gasteiger partial charge on any atom is 0.152 e. The Morgan fingerprint density at radius 2 is 1.77 bits per heavy atom. The van der Waals surface area contributed by atoms with Crippen LogP contribution in [0.1, 0.15) is 45.1 Å². The largest absolute Gasteiger partial charge is 0.376 e. The molecule has 0 aromatic heterocycles. The van der Waals surface area contributed by atoms with Crippen LogP contribution in [0.5, 0.6) is 0 Å². The van der Waals surface area contributed by atoms with E-state index in [2.05, 4.69) is 30.7 Å². The van der Waals surface area contributed by atoms with E-state index in [-0.39, 0.29) is 0 Å². The van der Waals surface area contributed by atoms with Crippen LogP contribution in [0.2, 0.25) is 0 Å². The standard InChI is InChI=1S/C18H32NO2P/c1-4-6-10-13-19(3)22(20,15-5-2)16-14-21-17-18-11-8-7-9-12-18/h7-9,11-12H,4-6,10,13-17H2,1-3H3. The van der Waals surface area contributed by atoms with E-state index in [1.807, 2.05) is 25.2 Å². The second-order valence-corrected chi connectivity index (χ2v) is 9.19. The van der Waals surface area contributed by atoms with Crippen LogP contribution in [-0.4, -0.2) is 37.2 Å². The number of hydrogen-bond donors (Lipinski definition) is 0. The molecule has 0 aliphatic rings. The van der Waals surface area contributed by atoms with Crippen LogP contribution >= 0.6 is 7.29 Å². The number of benzene rings is 1. The van der Waals surface area contributed by atoms with Gasteiger partial charge in [0.15, 0.2) is 7.29 Å². The molecule has 1 aromatic rings. The Kier molecular flexibility index (Phi) is 9.70. The van der Waals surface area contributed by atoms with E-state index >= 15 is 0 Å². The number of rotatable bonds is 12. The van der Waals surface area contributed by atoms with Crippen molar-refractivity contribution in [2.24, 2.45) is 0 Å². The maximum absolute atomic E-state index is 13.2. The quantitative estimate of drug-likeness (QED) is 0.399. The zero-order valence-electron chi connectivity index (χ0n) is 14.5. The van der Waals surface area contributed by atoms with Crippen LogP contribution in [0.3, 0.4) is 0 Å². The molecule has 1 atom stereocenters. The van der Waals surface area contributed by atoms with Crippen molar-refractivity contribution in [2.45, 2.75) is 46.1 Å². The van der Waals surface area contributed by atoms with Gasteiger partial charge in [0.1, 0.15) is 0 Å². The Morgan fingerprint density at radius 1 is 1.05 bits per heavy atom. The van der Waals surface area contributed by atoms with Crippen LogP contribution in [0, 0.1) is 0 Å². The van der Waals surface area contributed by atoms with Crippen LogP contribution in [0.25, 0.3) is 0 Å². The summed E-state index contributed by atoms with van der Waals surface area (Å²) in [6.07, 6.45) is 5.97. The molecule has 0 saturated heterocycles. The summed E-state index contributed by atoms with van der Waals surface area (Å²) in [5.41, 5.74) is 1.17. The Morgan fingerprint density at radius 3 is 2.41 bits per heavy atom. The summed E-state index contributed by atoms with van der Waals surface area (Å²) in [4.78, 5) is 0. The molecule has 1 aromatic carbocycles. The highest BCUT2D eigenvalue weighted by atomic mass is 31.2. The van der Waals surface area contributed by atoms with E-state index in [4.69, 9.17) is 4.74 Å². The average Bonchev–Trinajstić information content (AvgIpc) is 2.53. The molecule has 126 valence electrons. The summed E-state index contributed by atoms with van der Waals surface area (Å²) in [5, 5.41) is 0. The Hall–Kier alpha value is -0.630. The highest BCUT2D eigenvalue weighted by Crippen LogP contribution is 2.48. The number of ether oxygens (including phenoxy) is 1. The van der Waals surface area contributed by atoms with E-state index < -0.39 is 7.29 Å². The number of unbranched alkanes of at least 4 members (excludes halogenated alkanes) is 2. The summed E-state index contributed by atoms with van der Waals surface area (Å²) >= 11 is 0. The second-order valence-electron chi connectivity index (χ2n) is 5.92. The van der Waals surface area contributed by atoms with Crippen molar-refractivity contribution in [3.05, 3.63) is 35.9 Å². The summed E-state index contributed by atoms with van der Waals surface area (Å²) in [6.45, 7) is 6.42. The molecule has 0 N–H and O–H groups in total. The van der Waals surface area contributed by atoms with Crippen LogP contribution in [0.4, 0.5) is 0 Å². The van der Waals surface area contributed by atoms with Crippen molar-refractivity contribution in [2.75, 3.05) is 32.5 Å². The van der Waals surface area contributed by atoms with Gasteiger partial charge >= 0.3 is 0 Å². The SMILES string of the molecule is CCCCCN(C)P(=O)(CCC)CCOCc1ccccc1. The summed E-state index contributed by atoms with van der Waals surface area (Å²) in [7, 11) is -0.246. The molecule has 0 bridgehead atoms. The Balaban J connectivity index is 2.40. The first kappa shape index (κ1) is 19.4. The smallest absolute Gasteiger partial charge is 0.152 e. The molecule has 22 heavy (non-hydrogen) atoms. The van der Waals surface area contributed by atoms with Crippen molar-refractivity contribution in [3.8, 4) is 0 Å². The van der Waals surface area contributed by atoms with E-state index in [9.17, 15) is 4.57 Å². The van der Waals surface area contributed by atoms with Gasteiger partial charge in [-0.25, -0.2) is 0 Å². The molecule has 4 heteroatoms. The molecule has 1 rings (SSSR count). The summed E-state index contributed by atoms with van der Waals surface area (Å²) in [6, 6.07) is 10.2. The second kappa shape index (κ2) is 11.0. The molecule has 0 aliphatic carbocycles. The van der Waals surface area contributed by atoms with Crippen LogP contribution < -0.4 is 0 Å². The summed E-state index contributed by atoms with van der Waals surface area (Å²) < 4.78 is 21.0. The highest BCUT2D eigenvalue weighted by molar-refractivity contribution is 7.61. The predicted octanol–water partition coefficient (Wildman–Crippen LogP) is 5.01. The Labute approximate surface area is 136 Å². The monoisotopic (exact) mass is 325 g/mol. The van der Waals surface area contributed by atoms with Crippen molar-refractivity contribution >= 4 is 7.29 Å². The van der Waals surface area contributed by atoms with E-state index in [1.54, 1.807) is 0 Å². The van der Waals surface area contributed by atoms with Gasteiger partial charge in [0.2, 0.25) is 0 Å². The minimum atomic E-state index is -2.26. The van der Waals surface area contributed by atoms with Gasteiger partial charge in [0, 0.05) is 18.9 Å². The average molecular weight is 325 g/mol. The third-order valence-corrected chi connectivity index (χ3v) is 7.45. The Bertz CT molecular complexity index is 436. The van der Waals surface area contributed by atoms with Gasteiger partial charge in [-0.1, -0.05) is 57.0 Å². The molecule has 0 heterocycles. The fourth-order valence-electron chi connectivity index (χ4n) is 2.55. The van der Waals surface area contributed by atoms with Gasteiger partial charge in [0.05, 0.1) is 13.2 Å². The van der Waals surface area contributed by atoms with Gasteiger partial charge < -0.3 is 9.30 Å². The van der Waals surface area contributed by atoms with Crippen LogP contribution in [-0.2, 0) is 15.9 Å². The van der Waals surface area contributed by atoms with E-state index in [0.29, 0.717) is 19.4 Å². The molecule has 0 aliphatic heterocycles. The molecule has 0 amide bonds. The van der Waals surface area contributed by atoms with Crippen molar-refractivity contribution in [1.29, 1.82) is 0 Å². The number of hydrogen-bond acceptors (Lipinski definition) is 2. The van der Waals surface area contributed by atoms with Crippen molar-refractivity contribution in [3.63, 3.8) is 0 Å². The third kappa shape index (κ3) is 7.09. The van der Waals surface area contributed by atoms with Crippen LogP contribution in [0.15, 0.2) is 30.3 Å². The molecular weight excluding hydrogens is 293 g/mol. The van der Waals surface area contributed by atoms with Crippen molar-refractivity contribution in [1.82, 2.24) is 4.67 Å². The fraction of sp³-hybridized carbons (Fsp3) is 0.667. The van der Waals surface area contributed by atoms with E-state index in [0.717, 1.165) is 25.5 Å².